The van der Waals surface area contributed by atoms with Crippen LogP contribution in [0.25, 0.3) is 11.2 Å². The van der Waals surface area contributed by atoms with Gasteiger partial charge in [0, 0.05) is 65.3 Å². The van der Waals surface area contributed by atoms with Crippen LogP contribution in [-0.2, 0) is 33.3 Å². The van der Waals surface area contributed by atoms with Crippen LogP contribution in [0, 0.1) is 0 Å². The Morgan fingerprint density at radius 3 is 2.06 bits per heavy atom. The highest BCUT2D eigenvalue weighted by Crippen LogP contribution is 2.44. The molecule has 19 heteroatoms. The van der Waals surface area contributed by atoms with Crippen LogP contribution in [-0.4, -0.2) is 152 Å². The fourth-order valence-corrected chi connectivity index (χ4v) is 6.26. The molecule has 19 nitrogen and oxygen atoms in total. The number of rotatable bonds is 5. The summed E-state index contributed by atoms with van der Waals surface area (Å²) < 4.78 is 31.4. The largest absolute Gasteiger partial charge is 0.444 e. The van der Waals surface area contributed by atoms with Crippen molar-refractivity contribution in [3.05, 3.63) is 12.7 Å². The van der Waals surface area contributed by atoms with E-state index in [-0.39, 0.29) is 50.9 Å². The van der Waals surface area contributed by atoms with Gasteiger partial charge in [0.2, 0.25) is 5.91 Å². The van der Waals surface area contributed by atoms with Crippen LogP contribution in [0.4, 0.5) is 15.4 Å². The van der Waals surface area contributed by atoms with Crippen LogP contribution < -0.4 is 16.4 Å². The number of hydrogen-bond donors (Lipinski definition) is 3. The fourth-order valence-electron chi connectivity index (χ4n) is 6.26. The van der Waals surface area contributed by atoms with Crippen molar-refractivity contribution in [2.24, 2.45) is 0 Å². The minimum absolute atomic E-state index is 0.0000478. The molecule has 4 unspecified atom stereocenters. The zero-order valence-corrected chi connectivity index (χ0v) is 31.9. The number of aromatic nitrogens is 4. The number of nitrogens with zero attached hydrogens (tertiary/aromatic N) is 7. The van der Waals surface area contributed by atoms with Crippen LogP contribution in [0.1, 0.15) is 68.0 Å². The van der Waals surface area contributed by atoms with E-state index in [9.17, 15) is 19.2 Å². The Labute approximate surface area is 309 Å². The Balaban J connectivity index is 1.21. The average molecular weight is 747 g/mol. The van der Waals surface area contributed by atoms with E-state index < -0.39 is 59.6 Å². The van der Waals surface area contributed by atoms with Crippen molar-refractivity contribution in [1.29, 1.82) is 0 Å². The Kier molecular flexibility index (Phi) is 12.0. The average Bonchev–Trinajstić information content (AvgIpc) is 3.70. The molecule has 2 aromatic heterocycles. The molecule has 3 fully saturated rings. The first-order chi connectivity index (χ1) is 24.8. The van der Waals surface area contributed by atoms with Gasteiger partial charge < -0.3 is 54.8 Å². The molecule has 3 aliphatic heterocycles. The van der Waals surface area contributed by atoms with Crippen LogP contribution >= 0.6 is 0 Å². The van der Waals surface area contributed by atoms with Crippen molar-refractivity contribution < 1.29 is 42.9 Å². The number of nitrogen functional groups attached to an aromatic ring is 1. The number of carbonyl (C=O) groups is 4. The Hall–Kier alpha value is -4.33. The van der Waals surface area contributed by atoms with E-state index in [1.807, 2.05) is 0 Å². The van der Waals surface area contributed by atoms with Gasteiger partial charge in [0.25, 0.3) is 5.91 Å². The summed E-state index contributed by atoms with van der Waals surface area (Å²) in [7, 11) is 0. The third-order valence-electron chi connectivity index (χ3n) is 8.64. The molecule has 0 aliphatic carbocycles. The SMILES string of the molecule is CC(C)(C)OC(=O)N1CCNCCN(C(=O)CCNC(=O)C2OC(n3cnc4c(N)ncnc43)C3OC(C)(C)OC23)CCN(C(=O)OC(C)(C)C)CC1. The molecular weight excluding hydrogens is 692 g/mol. The molecular formula is C34H54N10O9. The number of anilines is 1. The molecule has 0 bridgehead atoms. The summed E-state index contributed by atoms with van der Waals surface area (Å²) in [4.78, 5) is 70.6. The lowest BCUT2D eigenvalue weighted by molar-refractivity contribution is -0.197. The lowest BCUT2D eigenvalue weighted by atomic mass is 10.1. The van der Waals surface area contributed by atoms with Gasteiger partial charge in [-0.05, 0) is 55.4 Å². The van der Waals surface area contributed by atoms with Gasteiger partial charge in [-0.15, -0.1) is 0 Å². The van der Waals surface area contributed by atoms with Crippen molar-refractivity contribution in [3.63, 3.8) is 0 Å². The number of nitrogens with one attached hydrogen (secondary N) is 2. The van der Waals surface area contributed by atoms with E-state index in [0.29, 0.717) is 37.3 Å². The maximum atomic E-state index is 13.6. The molecule has 4 atom stereocenters. The number of fused-ring (bicyclic) bond motifs is 2. The Bertz CT molecular complexity index is 1640. The molecule has 53 heavy (non-hydrogen) atoms. The first-order valence-corrected chi connectivity index (χ1v) is 18.0. The van der Waals surface area contributed by atoms with E-state index in [0.717, 1.165) is 0 Å². The number of imidazole rings is 1. The summed E-state index contributed by atoms with van der Waals surface area (Å²) in [6.07, 6.45) is -1.43. The molecule has 0 aromatic carbocycles. The molecule has 5 rings (SSSR count). The van der Waals surface area contributed by atoms with Crippen LogP contribution in [0.3, 0.4) is 0 Å². The molecule has 0 saturated carbocycles. The third-order valence-corrected chi connectivity index (χ3v) is 8.64. The molecule has 5 heterocycles. The second-order valence-corrected chi connectivity index (χ2v) is 15.7. The highest BCUT2D eigenvalue weighted by molar-refractivity contribution is 5.84. The van der Waals surface area contributed by atoms with E-state index in [1.165, 1.54) is 17.6 Å². The minimum atomic E-state index is -1.05. The molecule has 4 amide bonds. The second-order valence-electron chi connectivity index (χ2n) is 15.7. The fraction of sp³-hybridized carbons (Fsp3) is 0.735. The molecule has 294 valence electrons. The highest BCUT2D eigenvalue weighted by Gasteiger charge is 2.58. The van der Waals surface area contributed by atoms with E-state index in [2.05, 4.69) is 25.6 Å². The summed E-state index contributed by atoms with van der Waals surface area (Å²) in [6.45, 7) is 16.6. The van der Waals surface area contributed by atoms with Gasteiger partial charge in [0.1, 0.15) is 35.3 Å². The molecule has 2 aromatic rings. The minimum Gasteiger partial charge on any atom is -0.444 e. The van der Waals surface area contributed by atoms with Gasteiger partial charge in [-0.25, -0.2) is 24.5 Å². The van der Waals surface area contributed by atoms with Gasteiger partial charge in [0.15, 0.2) is 29.6 Å². The predicted molar refractivity (Wildman–Crippen MR) is 190 cm³/mol. The van der Waals surface area contributed by atoms with Gasteiger partial charge >= 0.3 is 12.2 Å². The number of amides is 4. The van der Waals surface area contributed by atoms with Crippen molar-refractivity contribution in [2.75, 3.05) is 64.6 Å². The number of carbonyl (C=O) groups excluding carboxylic acids is 4. The van der Waals surface area contributed by atoms with Gasteiger partial charge in [-0.2, -0.15) is 0 Å². The maximum absolute atomic E-state index is 13.6. The van der Waals surface area contributed by atoms with Crippen molar-refractivity contribution in [1.82, 2.24) is 44.9 Å². The molecule has 3 aliphatic rings. The molecule has 0 radical (unpaired) electrons. The lowest BCUT2D eigenvalue weighted by Crippen LogP contribution is -2.50. The van der Waals surface area contributed by atoms with Crippen molar-refractivity contribution >= 4 is 41.0 Å². The number of ether oxygens (including phenoxy) is 5. The number of hydrogen-bond acceptors (Lipinski definition) is 14. The van der Waals surface area contributed by atoms with Crippen LogP contribution in [0.15, 0.2) is 12.7 Å². The zero-order valence-electron chi connectivity index (χ0n) is 31.9. The molecule has 4 N–H and O–H groups in total. The summed E-state index contributed by atoms with van der Waals surface area (Å²) in [5, 5.41) is 6.12. The Morgan fingerprint density at radius 2 is 1.43 bits per heavy atom. The lowest BCUT2D eigenvalue weighted by Gasteiger charge is -2.33. The predicted octanol–water partition coefficient (Wildman–Crippen LogP) is 1.24. The maximum Gasteiger partial charge on any atom is 0.410 e. The first-order valence-electron chi connectivity index (χ1n) is 18.0. The summed E-state index contributed by atoms with van der Waals surface area (Å²) in [5.41, 5.74) is 5.38. The van der Waals surface area contributed by atoms with Gasteiger partial charge in [0.05, 0.1) is 6.33 Å². The monoisotopic (exact) mass is 746 g/mol. The van der Waals surface area contributed by atoms with E-state index in [1.54, 1.807) is 69.8 Å². The van der Waals surface area contributed by atoms with E-state index in [4.69, 9.17) is 29.4 Å². The summed E-state index contributed by atoms with van der Waals surface area (Å²) >= 11 is 0. The van der Waals surface area contributed by atoms with Crippen molar-refractivity contribution in [2.45, 2.75) is 103 Å². The number of nitrogens with two attached hydrogens (primary N) is 1. The van der Waals surface area contributed by atoms with Gasteiger partial charge in [-0.1, -0.05) is 0 Å². The Morgan fingerprint density at radius 1 is 0.868 bits per heavy atom. The summed E-state index contributed by atoms with van der Waals surface area (Å²) in [5.74, 6) is -1.44. The van der Waals surface area contributed by atoms with Crippen LogP contribution in [0.5, 0.6) is 0 Å². The van der Waals surface area contributed by atoms with Gasteiger partial charge in [-0.3, -0.25) is 14.2 Å². The molecule has 0 spiro atoms. The quantitative estimate of drug-likeness (QED) is 0.392. The molecule has 3 saturated heterocycles. The standard InChI is InChI=1S/C34H54N10O9/c1-32(2,3)52-30(47)42-14-12-36-11-13-41(15-16-43(18-17-42)31(48)53-33(4,5)6)21(45)9-10-37-28(46)24-23-25(51-34(7,8)50-23)29(49-24)44-20-40-22-26(35)38-19-39-27(22)44/h19-20,23-25,29,36H,9-18H2,1-8H3,(H,37,46)(H2,35,38,39). The normalized spacial score (nSPS) is 24.3. The third kappa shape index (κ3) is 10.2. The zero-order chi connectivity index (χ0) is 38.7. The van der Waals surface area contributed by atoms with E-state index >= 15 is 0 Å². The first kappa shape index (κ1) is 39.9. The smallest absolute Gasteiger partial charge is 0.410 e. The van der Waals surface area contributed by atoms with Crippen molar-refractivity contribution in [3.8, 4) is 0 Å². The summed E-state index contributed by atoms with van der Waals surface area (Å²) in [6, 6.07) is 0. The topological polar surface area (TPSA) is 218 Å². The highest BCUT2D eigenvalue weighted by atomic mass is 16.8. The second kappa shape index (κ2) is 16.0. The van der Waals surface area contributed by atoms with Crippen LogP contribution in [0.2, 0.25) is 0 Å².